The van der Waals surface area contributed by atoms with Crippen molar-refractivity contribution in [3.63, 3.8) is 0 Å². The van der Waals surface area contributed by atoms with Crippen LogP contribution >= 0.6 is 0 Å². The van der Waals surface area contributed by atoms with Gasteiger partial charge >= 0.3 is 12.1 Å². The van der Waals surface area contributed by atoms with E-state index in [0.717, 1.165) is 0 Å². The molecule has 0 radical (unpaired) electrons. The minimum atomic E-state index is -4.66. The minimum Gasteiger partial charge on any atom is -0.329 e. The molecule has 0 amide bonds. The van der Waals surface area contributed by atoms with Gasteiger partial charge in [0.25, 0.3) is 0 Å². The highest BCUT2D eigenvalue weighted by Crippen LogP contribution is 2.29. The molecule has 0 aliphatic rings. The second-order valence-corrected chi connectivity index (χ2v) is 4.20. The number of anilines is 2. The Labute approximate surface area is 122 Å². The maximum Gasteiger partial charge on any atom is 0.471 e. The van der Waals surface area contributed by atoms with Crippen molar-refractivity contribution in [1.82, 2.24) is 20.1 Å². The molecule has 6 nitrogen and oxygen atoms in total. The highest BCUT2D eigenvalue weighted by molar-refractivity contribution is 5.61. The first-order valence-electron chi connectivity index (χ1n) is 6.08. The van der Waals surface area contributed by atoms with Crippen LogP contribution in [0.2, 0.25) is 0 Å². The number of alkyl halides is 3. The van der Waals surface area contributed by atoms with Crippen LogP contribution in [0.4, 0.5) is 24.8 Å². The van der Waals surface area contributed by atoms with E-state index in [2.05, 4.69) is 29.9 Å². The van der Waals surface area contributed by atoms with Crippen LogP contribution in [0.1, 0.15) is 5.89 Å². The van der Waals surface area contributed by atoms with Crippen LogP contribution in [0.25, 0.3) is 11.4 Å². The molecule has 9 heteroatoms. The van der Waals surface area contributed by atoms with Crippen molar-refractivity contribution in [3.8, 4) is 11.4 Å². The third-order valence-electron chi connectivity index (χ3n) is 2.63. The zero-order chi connectivity index (χ0) is 15.6. The molecule has 1 N–H and O–H groups in total. The molecule has 3 aromatic rings. The highest BCUT2D eigenvalue weighted by atomic mass is 19.4. The second kappa shape index (κ2) is 5.43. The van der Waals surface area contributed by atoms with Gasteiger partial charge in [-0.1, -0.05) is 5.16 Å². The Kier molecular flexibility index (Phi) is 3.45. The van der Waals surface area contributed by atoms with Gasteiger partial charge in [-0.3, -0.25) is 0 Å². The number of nitrogens with one attached hydrogen (secondary N) is 1. The molecule has 22 heavy (non-hydrogen) atoms. The Morgan fingerprint density at radius 3 is 2.27 bits per heavy atom. The van der Waals surface area contributed by atoms with Crippen LogP contribution in [0.15, 0.2) is 47.2 Å². The van der Waals surface area contributed by atoms with Gasteiger partial charge in [-0.05, 0) is 30.3 Å². The fourth-order valence-electron chi connectivity index (χ4n) is 1.65. The third kappa shape index (κ3) is 3.03. The lowest BCUT2D eigenvalue weighted by molar-refractivity contribution is -0.159. The number of aromatic nitrogens is 4. The van der Waals surface area contributed by atoms with Crippen molar-refractivity contribution in [2.24, 2.45) is 0 Å². The van der Waals surface area contributed by atoms with E-state index >= 15 is 0 Å². The smallest absolute Gasteiger partial charge is 0.329 e. The van der Waals surface area contributed by atoms with Crippen molar-refractivity contribution in [1.29, 1.82) is 0 Å². The van der Waals surface area contributed by atoms with Gasteiger partial charge in [-0.15, -0.1) is 0 Å². The first-order valence-corrected chi connectivity index (χ1v) is 6.08. The SMILES string of the molecule is FC(F)(F)c1nc(-c2ccc(Nc3ncccn3)cc2)no1. The molecule has 0 fully saturated rings. The number of rotatable bonds is 3. The summed E-state index contributed by atoms with van der Waals surface area (Å²) in [6, 6.07) is 8.11. The zero-order valence-electron chi connectivity index (χ0n) is 10.9. The summed E-state index contributed by atoms with van der Waals surface area (Å²) >= 11 is 0. The zero-order valence-corrected chi connectivity index (χ0v) is 10.9. The number of hydrogen-bond donors (Lipinski definition) is 1. The molecule has 2 aromatic heterocycles. The summed E-state index contributed by atoms with van der Waals surface area (Å²) in [5.41, 5.74) is 1.08. The van der Waals surface area contributed by atoms with E-state index in [0.29, 0.717) is 17.2 Å². The molecule has 0 saturated heterocycles. The Balaban J connectivity index is 1.78. The third-order valence-corrected chi connectivity index (χ3v) is 2.63. The number of benzene rings is 1. The van der Waals surface area contributed by atoms with Gasteiger partial charge in [-0.2, -0.15) is 18.2 Å². The van der Waals surface area contributed by atoms with Gasteiger partial charge in [0.2, 0.25) is 11.8 Å². The predicted molar refractivity (Wildman–Crippen MR) is 70.1 cm³/mol. The second-order valence-electron chi connectivity index (χ2n) is 4.20. The topological polar surface area (TPSA) is 76.7 Å². The summed E-state index contributed by atoms with van der Waals surface area (Å²) < 4.78 is 41.4. The van der Waals surface area contributed by atoms with Gasteiger partial charge in [0.15, 0.2) is 0 Å². The van der Waals surface area contributed by atoms with E-state index in [1.807, 2.05) is 0 Å². The average Bonchev–Trinajstić information content (AvgIpc) is 2.99. The van der Waals surface area contributed by atoms with Gasteiger partial charge in [0.05, 0.1) is 0 Å². The lowest BCUT2D eigenvalue weighted by Crippen LogP contribution is -2.04. The normalized spacial score (nSPS) is 11.4. The Morgan fingerprint density at radius 2 is 1.68 bits per heavy atom. The van der Waals surface area contributed by atoms with Crippen LogP contribution in [0.3, 0.4) is 0 Å². The van der Waals surface area contributed by atoms with E-state index in [1.165, 1.54) is 0 Å². The van der Waals surface area contributed by atoms with Gasteiger partial charge < -0.3 is 9.84 Å². The lowest BCUT2D eigenvalue weighted by Gasteiger charge is -2.04. The maximum absolute atomic E-state index is 12.4. The molecule has 0 bridgehead atoms. The predicted octanol–water partition coefficient (Wildman–Crippen LogP) is 3.29. The molecule has 1 aromatic carbocycles. The van der Waals surface area contributed by atoms with E-state index in [9.17, 15) is 13.2 Å². The molecule has 0 aliphatic heterocycles. The number of hydrogen-bond acceptors (Lipinski definition) is 6. The molecule has 0 atom stereocenters. The van der Waals surface area contributed by atoms with Crippen LogP contribution < -0.4 is 5.32 Å². The molecular weight excluding hydrogens is 299 g/mol. The van der Waals surface area contributed by atoms with Gasteiger partial charge in [-0.25, -0.2) is 9.97 Å². The summed E-state index contributed by atoms with van der Waals surface area (Å²) in [5.74, 6) is -1.09. The molecule has 0 aliphatic carbocycles. The number of nitrogens with zero attached hydrogens (tertiary/aromatic N) is 4. The Bertz CT molecular complexity index is 755. The van der Waals surface area contributed by atoms with Crippen molar-refractivity contribution >= 4 is 11.6 Å². The van der Waals surface area contributed by atoms with Crippen molar-refractivity contribution in [2.45, 2.75) is 6.18 Å². The monoisotopic (exact) mass is 307 g/mol. The van der Waals surface area contributed by atoms with Crippen LogP contribution in [-0.4, -0.2) is 20.1 Å². The fraction of sp³-hybridized carbons (Fsp3) is 0.0769. The minimum absolute atomic E-state index is 0.130. The first-order chi connectivity index (χ1) is 10.5. The number of halogens is 3. The molecule has 112 valence electrons. The maximum atomic E-state index is 12.4. The first kappa shape index (κ1) is 14.0. The van der Waals surface area contributed by atoms with Gasteiger partial charge in [0, 0.05) is 23.6 Å². The van der Waals surface area contributed by atoms with Crippen molar-refractivity contribution in [3.05, 3.63) is 48.6 Å². The lowest BCUT2D eigenvalue weighted by atomic mass is 10.2. The summed E-state index contributed by atoms with van der Waals surface area (Å²) in [5, 5.41) is 6.26. The Morgan fingerprint density at radius 1 is 1.00 bits per heavy atom. The van der Waals surface area contributed by atoms with E-state index < -0.39 is 12.1 Å². The molecule has 0 spiro atoms. The molecule has 3 rings (SSSR count). The summed E-state index contributed by atoms with van der Waals surface area (Å²) in [7, 11) is 0. The summed E-state index contributed by atoms with van der Waals surface area (Å²) in [6.07, 6.45) is -1.49. The van der Waals surface area contributed by atoms with Gasteiger partial charge in [0.1, 0.15) is 0 Å². The van der Waals surface area contributed by atoms with Crippen molar-refractivity contribution in [2.75, 3.05) is 5.32 Å². The van der Waals surface area contributed by atoms with E-state index in [1.54, 1.807) is 42.7 Å². The highest BCUT2D eigenvalue weighted by Gasteiger charge is 2.38. The average molecular weight is 307 g/mol. The molecular formula is C13H8F3N5O. The standard InChI is InChI=1S/C13H8F3N5O/c14-13(15,16)11-20-10(21-22-11)8-2-4-9(5-3-8)19-12-17-6-1-7-18-12/h1-7H,(H,17,18,19). The molecule has 0 unspecified atom stereocenters. The van der Waals surface area contributed by atoms with E-state index in [-0.39, 0.29) is 5.82 Å². The Hall–Kier alpha value is -2.97. The van der Waals surface area contributed by atoms with Crippen LogP contribution in [-0.2, 0) is 6.18 Å². The summed E-state index contributed by atoms with van der Waals surface area (Å²) in [6.45, 7) is 0. The van der Waals surface area contributed by atoms with Crippen molar-refractivity contribution < 1.29 is 17.7 Å². The van der Waals surface area contributed by atoms with E-state index in [4.69, 9.17) is 0 Å². The van der Waals surface area contributed by atoms with Crippen LogP contribution in [0.5, 0.6) is 0 Å². The largest absolute Gasteiger partial charge is 0.471 e. The van der Waals surface area contributed by atoms with Crippen LogP contribution in [0, 0.1) is 0 Å². The fourth-order valence-corrected chi connectivity index (χ4v) is 1.65. The quantitative estimate of drug-likeness (QED) is 0.800. The summed E-state index contributed by atoms with van der Waals surface area (Å²) in [4.78, 5) is 11.3. The molecule has 0 saturated carbocycles. The molecule has 2 heterocycles.